The van der Waals surface area contributed by atoms with E-state index in [-0.39, 0.29) is 17.9 Å². The molecule has 1 aromatic rings. The van der Waals surface area contributed by atoms with Gasteiger partial charge in [0, 0.05) is 11.3 Å². The summed E-state index contributed by atoms with van der Waals surface area (Å²) in [6, 6.07) is 7.15. The fourth-order valence-corrected chi connectivity index (χ4v) is 4.07. The van der Waals surface area contributed by atoms with Crippen molar-refractivity contribution in [3.8, 4) is 5.75 Å². The van der Waals surface area contributed by atoms with Crippen LogP contribution >= 0.6 is 11.8 Å². The minimum Gasteiger partial charge on any atom is -0.494 e. The molecule has 1 aromatic carbocycles. The van der Waals surface area contributed by atoms with Gasteiger partial charge in [-0.15, -0.1) is 11.8 Å². The lowest BCUT2D eigenvalue weighted by molar-refractivity contribution is -0.135. The second-order valence-corrected chi connectivity index (χ2v) is 7.32. The van der Waals surface area contributed by atoms with Crippen LogP contribution in [0, 0.1) is 0 Å². The molecule has 1 fully saturated rings. The smallest absolute Gasteiger partial charge is 0.250 e. The van der Waals surface area contributed by atoms with Crippen LogP contribution in [0.5, 0.6) is 5.75 Å². The van der Waals surface area contributed by atoms with Crippen molar-refractivity contribution in [2.24, 2.45) is 0 Å². The molecule has 142 valence electrons. The Kier molecular flexibility index (Phi) is 7.57. The maximum absolute atomic E-state index is 12.8. The first-order valence-electron chi connectivity index (χ1n) is 9.06. The van der Waals surface area contributed by atoms with Crippen molar-refractivity contribution in [3.05, 3.63) is 41.5 Å². The van der Waals surface area contributed by atoms with Crippen LogP contribution in [0.4, 0.5) is 0 Å². The Morgan fingerprint density at radius 3 is 2.88 bits per heavy atom. The van der Waals surface area contributed by atoms with Crippen LogP contribution in [-0.2, 0) is 9.59 Å². The number of carbonyl (C=O) groups is 2. The van der Waals surface area contributed by atoms with E-state index in [1.807, 2.05) is 58.0 Å². The third kappa shape index (κ3) is 5.04. The van der Waals surface area contributed by atoms with Gasteiger partial charge in [-0.2, -0.15) is 0 Å². The molecule has 2 rings (SSSR count). The molecule has 0 spiro atoms. The number of nitrogens with one attached hydrogen (secondary N) is 1. The first-order valence-corrected chi connectivity index (χ1v) is 10.2. The zero-order valence-corrected chi connectivity index (χ0v) is 16.8. The molecule has 0 radical (unpaired) electrons. The molecule has 0 aromatic heterocycles. The number of carbonyl (C=O) groups excluding carboxylic acids is 2. The summed E-state index contributed by atoms with van der Waals surface area (Å²) < 4.78 is 5.52. The minimum absolute atomic E-state index is 0.0528. The van der Waals surface area contributed by atoms with Crippen molar-refractivity contribution in [2.45, 2.75) is 46.2 Å². The van der Waals surface area contributed by atoms with E-state index in [9.17, 15) is 9.59 Å². The zero-order chi connectivity index (χ0) is 19.1. The van der Waals surface area contributed by atoms with E-state index in [4.69, 9.17) is 4.74 Å². The van der Waals surface area contributed by atoms with E-state index in [1.54, 1.807) is 16.7 Å². The summed E-state index contributed by atoms with van der Waals surface area (Å²) in [5, 5.41) is 3.04. The summed E-state index contributed by atoms with van der Waals surface area (Å²) in [6.07, 6.45) is 2.71. The van der Waals surface area contributed by atoms with E-state index >= 15 is 0 Å². The molecule has 2 amide bonds. The summed E-state index contributed by atoms with van der Waals surface area (Å²) in [7, 11) is 0. The first kappa shape index (κ1) is 20.4. The predicted octanol–water partition coefficient (Wildman–Crippen LogP) is 3.52. The van der Waals surface area contributed by atoms with E-state index < -0.39 is 6.04 Å². The lowest BCUT2D eigenvalue weighted by Crippen LogP contribution is -2.48. The Morgan fingerprint density at radius 2 is 2.19 bits per heavy atom. The van der Waals surface area contributed by atoms with Crippen molar-refractivity contribution >= 4 is 23.6 Å². The molecule has 5 nitrogen and oxygen atoms in total. The summed E-state index contributed by atoms with van der Waals surface area (Å²) in [6.45, 7) is 8.30. The third-order valence-electron chi connectivity index (χ3n) is 4.32. The van der Waals surface area contributed by atoms with Gasteiger partial charge in [0.1, 0.15) is 11.8 Å². The second kappa shape index (κ2) is 9.67. The molecule has 1 saturated heterocycles. The molecule has 1 N–H and O–H groups in total. The summed E-state index contributed by atoms with van der Waals surface area (Å²) in [4.78, 5) is 27.0. The average Bonchev–Trinajstić information content (AvgIpc) is 3.11. The Labute approximate surface area is 160 Å². The molecule has 1 aliphatic rings. The van der Waals surface area contributed by atoms with Gasteiger partial charge in [-0.1, -0.05) is 25.1 Å². The number of nitrogens with zero attached hydrogens (tertiary/aromatic N) is 1. The number of hydrogen-bond acceptors (Lipinski definition) is 4. The summed E-state index contributed by atoms with van der Waals surface area (Å²) >= 11 is 1.61. The van der Waals surface area contributed by atoms with Crippen LogP contribution in [-0.4, -0.2) is 41.0 Å². The van der Waals surface area contributed by atoms with E-state index in [2.05, 4.69) is 5.32 Å². The van der Waals surface area contributed by atoms with Crippen molar-refractivity contribution in [2.75, 3.05) is 18.2 Å². The van der Waals surface area contributed by atoms with Gasteiger partial charge in [-0.25, -0.2) is 0 Å². The molecule has 0 aliphatic carbocycles. The topological polar surface area (TPSA) is 58.6 Å². The molecule has 6 heteroatoms. The molecule has 0 bridgehead atoms. The van der Waals surface area contributed by atoms with Crippen LogP contribution in [0.25, 0.3) is 0 Å². The van der Waals surface area contributed by atoms with E-state index in [0.717, 1.165) is 17.7 Å². The lowest BCUT2D eigenvalue weighted by atomic mass is 10.1. The second-order valence-electron chi connectivity index (χ2n) is 6.32. The SMILES string of the molecule is CC/C=C(\C)C(=O)N1CSCC1C(=O)NC(C)c1cccc(OCC)c1. The van der Waals surface area contributed by atoms with Gasteiger partial charge in [0.15, 0.2) is 0 Å². The number of rotatable bonds is 7. The average molecular weight is 377 g/mol. The number of ether oxygens (including phenoxy) is 1. The fourth-order valence-electron chi connectivity index (χ4n) is 2.91. The highest BCUT2D eigenvalue weighted by Gasteiger charge is 2.35. The maximum atomic E-state index is 12.8. The highest BCUT2D eigenvalue weighted by molar-refractivity contribution is 7.99. The third-order valence-corrected chi connectivity index (χ3v) is 5.33. The Balaban J connectivity index is 2.05. The van der Waals surface area contributed by atoms with Gasteiger partial charge in [0.2, 0.25) is 5.91 Å². The van der Waals surface area contributed by atoms with Crippen molar-refractivity contribution in [1.29, 1.82) is 0 Å². The highest BCUT2D eigenvalue weighted by atomic mass is 32.2. The van der Waals surface area contributed by atoms with Gasteiger partial charge in [0.25, 0.3) is 5.91 Å². The Hall–Kier alpha value is -1.95. The van der Waals surface area contributed by atoms with Crippen LogP contribution in [0.3, 0.4) is 0 Å². The lowest BCUT2D eigenvalue weighted by Gasteiger charge is -2.25. The maximum Gasteiger partial charge on any atom is 0.250 e. The first-order chi connectivity index (χ1) is 12.5. The van der Waals surface area contributed by atoms with Crippen LogP contribution in [0.1, 0.15) is 45.7 Å². The van der Waals surface area contributed by atoms with Crippen molar-refractivity contribution in [3.63, 3.8) is 0 Å². The largest absolute Gasteiger partial charge is 0.494 e. The van der Waals surface area contributed by atoms with Gasteiger partial charge >= 0.3 is 0 Å². The van der Waals surface area contributed by atoms with Crippen LogP contribution < -0.4 is 10.1 Å². The molecule has 2 atom stereocenters. The number of thioether (sulfide) groups is 1. The fraction of sp³-hybridized carbons (Fsp3) is 0.500. The molecular weight excluding hydrogens is 348 g/mol. The van der Waals surface area contributed by atoms with Crippen molar-refractivity contribution in [1.82, 2.24) is 10.2 Å². The number of amides is 2. The molecule has 1 heterocycles. The van der Waals surface area contributed by atoms with Crippen LogP contribution in [0.15, 0.2) is 35.9 Å². The van der Waals surface area contributed by atoms with Crippen molar-refractivity contribution < 1.29 is 14.3 Å². The monoisotopic (exact) mass is 376 g/mol. The molecule has 1 aliphatic heterocycles. The summed E-state index contributed by atoms with van der Waals surface area (Å²) in [5.41, 5.74) is 1.68. The normalized spacial score (nSPS) is 18.5. The van der Waals surface area contributed by atoms with E-state index in [1.165, 1.54) is 0 Å². The Morgan fingerprint density at radius 1 is 1.42 bits per heavy atom. The number of hydrogen-bond donors (Lipinski definition) is 1. The molecule has 26 heavy (non-hydrogen) atoms. The predicted molar refractivity (Wildman–Crippen MR) is 106 cm³/mol. The minimum atomic E-state index is -0.426. The van der Waals surface area contributed by atoms with Gasteiger partial charge in [-0.05, 0) is 44.9 Å². The number of benzene rings is 1. The highest BCUT2D eigenvalue weighted by Crippen LogP contribution is 2.25. The Bertz CT molecular complexity index is 675. The van der Waals surface area contributed by atoms with Gasteiger partial charge in [-0.3, -0.25) is 9.59 Å². The zero-order valence-electron chi connectivity index (χ0n) is 16.0. The molecule has 0 saturated carbocycles. The summed E-state index contributed by atoms with van der Waals surface area (Å²) in [5.74, 6) is 1.81. The quantitative estimate of drug-likeness (QED) is 0.740. The molecule has 2 unspecified atom stereocenters. The van der Waals surface area contributed by atoms with Crippen LogP contribution in [0.2, 0.25) is 0 Å². The standard InChI is InChI=1S/C20H28N2O3S/c1-5-8-14(3)20(24)22-13-26-12-18(22)19(23)21-15(4)16-9-7-10-17(11-16)25-6-2/h7-11,15,18H,5-6,12-13H2,1-4H3,(H,21,23)/b14-8+. The van der Waals surface area contributed by atoms with E-state index in [0.29, 0.717) is 23.8 Å². The number of allylic oxidation sites excluding steroid dienone is 1. The van der Waals surface area contributed by atoms with Gasteiger partial charge < -0.3 is 15.0 Å². The van der Waals surface area contributed by atoms with Gasteiger partial charge in [0.05, 0.1) is 18.5 Å². The molecular formula is C20H28N2O3S.